The van der Waals surface area contributed by atoms with Crippen LogP contribution in [0.4, 0.5) is 0 Å². The maximum atomic E-state index is 10.5. The number of aryl methyl sites for hydroxylation is 1. The third-order valence-corrected chi connectivity index (χ3v) is 3.04. The zero-order chi connectivity index (χ0) is 12.0. The predicted molar refractivity (Wildman–Crippen MR) is 65.7 cm³/mol. The lowest BCUT2D eigenvalue weighted by Crippen LogP contribution is -2.00. The zero-order valence-electron chi connectivity index (χ0n) is 10.1. The quantitative estimate of drug-likeness (QED) is 0.795. The third-order valence-electron chi connectivity index (χ3n) is 3.04. The number of carboxylic acids is 1. The molecule has 0 aliphatic heterocycles. The van der Waals surface area contributed by atoms with Gasteiger partial charge < -0.3 is 5.11 Å². The molecular weight excluding hydrogens is 200 g/mol. The molecular formula is C14H20O2. The van der Waals surface area contributed by atoms with Crippen LogP contribution in [0.2, 0.25) is 0 Å². The highest BCUT2D eigenvalue weighted by atomic mass is 16.4. The molecule has 0 saturated heterocycles. The molecule has 1 aromatic rings. The van der Waals surface area contributed by atoms with Crippen LogP contribution in [0.15, 0.2) is 24.3 Å². The first-order chi connectivity index (χ1) is 7.67. The summed E-state index contributed by atoms with van der Waals surface area (Å²) in [4.78, 5) is 10.5. The van der Waals surface area contributed by atoms with Crippen molar-refractivity contribution in [2.75, 3.05) is 0 Å². The second-order valence-electron chi connectivity index (χ2n) is 4.15. The maximum absolute atomic E-state index is 10.5. The molecule has 0 saturated carbocycles. The summed E-state index contributed by atoms with van der Waals surface area (Å²) in [6.45, 7) is 4.39. The molecule has 2 nitrogen and oxygen atoms in total. The van der Waals surface area contributed by atoms with E-state index >= 15 is 0 Å². The van der Waals surface area contributed by atoms with Crippen molar-refractivity contribution in [3.05, 3.63) is 35.4 Å². The maximum Gasteiger partial charge on any atom is 0.303 e. The van der Waals surface area contributed by atoms with E-state index in [1.54, 1.807) is 0 Å². The Morgan fingerprint density at radius 3 is 2.56 bits per heavy atom. The van der Waals surface area contributed by atoms with E-state index in [0.717, 1.165) is 18.4 Å². The summed E-state index contributed by atoms with van der Waals surface area (Å²) in [6, 6.07) is 8.34. The van der Waals surface area contributed by atoms with Crippen LogP contribution in [-0.4, -0.2) is 11.1 Å². The lowest BCUT2D eigenvalue weighted by atomic mass is 9.92. The van der Waals surface area contributed by atoms with Crippen molar-refractivity contribution in [1.82, 2.24) is 0 Å². The first-order valence-corrected chi connectivity index (χ1v) is 5.98. The van der Waals surface area contributed by atoms with E-state index in [1.807, 2.05) is 12.1 Å². The topological polar surface area (TPSA) is 37.3 Å². The Morgan fingerprint density at radius 1 is 1.31 bits per heavy atom. The van der Waals surface area contributed by atoms with Gasteiger partial charge in [0.2, 0.25) is 0 Å². The van der Waals surface area contributed by atoms with E-state index in [-0.39, 0.29) is 6.42 Å². The van der Waals surface area contributed by atoms with Crippen LogP contribution in [-0.2, 0) is 11.2 Å². The van der Waals surface area contributed by atoms with Crippen LogP contribution < -0.4 is 0 Å². The summed E-state index contributed by atoms with van der Waals surface area (Å²) >= 11 is 0. The first-order valence-electron chi connectivity index (χ1n) is 5.98. The Labute approximate surface area is 97.3 Å². The lowest BCUT2D eigenvalue weighted by Gasteiger charge is -2.13. The lowest BCUT2D eigenvalue weighted by molar-refractivity contribution is -0.136. The summed E-state index contributed by atoms with van der Waals surface area (Å²) in [5, 5.41) is 8.65. The summed E-state index contributed by atoms with van der Waals surface area (Å²) < 4.78 is 0. The molecule has 0 spiro atoms. The van der Waals surface area contributed by atoms with Crippen molar-refractivity contribution < 1.29 is 9.90 Å². The molecule has 0 atom stereocenters. The van der Waals surface area contributed by atoms with E-state index in [2.05, 4.69) is 26.0 Å². The Kier molecular flexibility index (Phi) is 5.03. The van der Waals surface area contributed by atoms with Crippen LogP contribution in [0.5, 0.6) is 0 Å². The summed E-state index contributed by atoms with van der Waals surface area (Å²) in [5.41, 5.74) is 2.47. The second kappa shape index (κ2) is 6.31. The normalized spacial score (nSPS) is 10.7. The minimum absolute atomic E-state index is 0.215. The van der Waals surface area contributed by atoms with E-state index in [9.17, 15) is 4.79 Å². The van der Waals surface area contributed by atoms with Crippen LogP contribution in [0.25, 0.3) is 0 Å². The van der Waals surface area contributed by atoms with Crippen molar-refractivity contribution in [2.24, 2.45) is 0 Å². The number of carbonyl (C=O) groups is 1. The molecule has 0 unspecified atom stereocenters. The number of hydrogen-bond donors (Lipinski definition) is 1. The number of hydrogen-bond acceptors (Lipinski definition) is 1. The third kappa shape index (κ3) is 3.69. The van der Waals surface area contributed by atoms with Crippen molar-refractivity contribution >= 4 is 5.97 Å². The molecule has 88 valence electrons. The highest BCUT2D eigenvalue weighted by molar-refractivity contribution is 5.67. The molecule has 1 rings (SSSR count). The molecule has 0 aliphatic rings. The monoisotopic (exact) mass is 220 g/mol. The van der Waals surface area contributed by atoms with Gasteiger partial charge in [-0.1, -0.05) is 38.1 Å². The Bertz CT molecular complexity index is 340. The summed E-state index contributed by atoms with van der Waals surface area (Å²) in [6.07, 6.45) is 3.12. The Hall–Kier alpha value is -1.31. The molecule has 16 heavy (non-hydrogen) atoms. The SMILES string of the molecule is CCC(CC)c1cccc(CCC(=O)O)c1. The average Bonchev–Trinajstić information content (AvgIpc) is 2.29. The van der Waals surface area contributed by atoms with E-state index in [0.29, 0.717) is 12.3 Å². The predicted octanol–water partition coefficient (Wildman–Crippen LogP) is 3.61. The van der Waals surface area contributed by atoms with Gasteiger partial charge in [-0.3, -0.25) is 4.79 Å². The first kappa shape index (κ1) is 12.8. The average molecular weight is 220 g/mol. The zero-order valence-corrected chi connectivity index (χ0v) is 10.1. The molecule has 0 aromatic heterocycles. The van der Waals surface area contributed by atoms with Gasteiger partial charge in [-0.2, -0.15) is 0 Å². The van der Waals surface area contributed by atoms with Gasteiger partial charge in [0.05, 0.1) is 0 Å². The van der Waals surface area contributed by atoms with Gasteiger partial charge in [0.1, 0.15) is 0 Å². The molecule has 2 heteroatoms. The molecule has 0 radical (unpaired) electrons. The van der Waals surface area contributed by atoms with Crippen LogP contribution in [0, 0.1) is 0 Å². The Morgan fingerprint density at radius 2 is 2.00 bits per heavy atom. The van der Waals surface area contributed by atoms with Crippen LogP contribution in [0.3, 0.4) is 0 Å². The standard InChI is InChI=1S/C14H20O2/c1-3-12(4-2)13-7-5-6-11(10-13)8-9-14(15)16/h5-7,10,12H,3-4,8-9H2,1-2H3,(H,15,16). The van der Waals surface area contributed by atoms with Crippen molar-refractivity contribution in [3.8, 4) is 0 Å². The van der Waals surface area contributed by atoms with Gasteiger partial charge >= 0.3 is 5.97 Å². The van der Waals surface area contributed by atoms with E-state index < -0.39 is 5.97 Å². The van der Waals surface area contributed by atoms with E-state index in [4.69, 9.17) is 5.11 Å². The smallest absolute Gasteiger partial charge is 0.303 e. The molecule has 0 amide bonds. The van der Waals surface area contributed by atoms with Gasteiger partial charge in [-0.15, -0.1) is 0 Å². The molecule has 1 aromatic carbocycles. The highest BCUT2D eigenvalue weighted by Gasteiger charge is 2.07. The summed E-state index contributed by atoms with van der Waals surface area (Å²) in [7, 11) is 0. The van der Waals surface area contributed by atoms with Crippen LogP contribution in [0.1, 0.15) is 50.2 Å². The number of aliphatic carboxylic acids is 1. The van der Waals surface area contributed by atoms with Gasteiger partial charge in [-0.25, -0.2) is 0 Å². The molecule has 1 N–H and O–H groups in total. The second-order valence-corrected chi connectivity index (χ2v) is 4.15. The largest absolute Gasteiger partial charge is 0.481 e. The minimum Gasteiger partial charge on any atom is -0.481 e. The van der Waals surface area contributed by atoms with Crippen molar-refractivity contribution in [2.45, 2.75) is 45.4 Å². The fourth-order valence-electron chi connectivity index (χ4n) is 2.01. The number of benzene rings is 1. The van der Waals surface area contributed by atoms with Gasteiger partial charge in [0.25, 0.3) is 0 Å². The van der Waals surface area contributed by atoms with Crippen molar-refractivity contribution in [1.29, 1.82) is 0 Å². The van der Waals surface area contributed by atoms with Gasteiger partial charge in [-0.05, 0) is 36.3 Å². The molecule has 0 bridgehead atoms. The highest BCUT2D eigenvalue weighted by Crippen LogP contribution is 2.23. The van der Waals surface area contributed by atoms with Gasteiger partial charge in [0, 0.05) is 6.42 Å². The number of carboxylic acid groups (broad SMARTS) is 1. The summed E-state index contributed by atoms with van der Waals surface area (Å²) in [5.74, 6) is -0.127. The fourth-order valence-corrected chi connectivity index (χ4v) is 2.01. The number of rotatable bonds is 6. The molecule has 0 aliphatic carbocycles. The fraction of sp³-hybridized carbons (Fsp3) is 0.500. The minimum atomic E-state index is -0.729. The van der Waals surface area contributed by atoms with E-state index in [1.165, 1.54) is 5.56 Å². The Balaban J connectivity index is 2.73. The van der Waals surface area contributed by atoms with Crippen LogP contribution >= 0.6 is 0 Å². The molecule has 0 fully saturated rings. The van der Waals surface area contributed by atoms with Crippen molar-refractivity contribution in [3.63, 3.8) is 0 Å². The molecule has 0 heterocycles. The van der Waals surface area contributed by atoms with Gasteiger partial charge in [0.15, 0.2) is 0 Å².